The van der Waals surface area contributed by atoms with Crippen LogP contribution in [0.3, 0.4) is 0 Å². The summed E-state index contributed by atoms with van der Waals surface area (Å²) < 4.78 is 4.36. The van der Waals surface area contributed by atoms with Crippen molar-refractivity contribution >= 4 is 44.3 Å². The van der Waals surface area contributed by atoms with Crippen molar-refractivity contribution in [2.24, 2.45) is 0 Å². The number of hydrogen-bond donors (Lipinski definition) is 0. The highest BCUT2D eigenvalue weighted by molar-refractivity contribution is 6.11. The third-order valence-corrected chi connectivity index (χ3v) is 6.21. The third kappa shape index (κ3) is 2.56. The van der Waals surface area contributed by atoms with Gasteiger partial charge in [-0.3, -0.25) is 14.1 Å². The van der Waals surface area contributed by atoms with E-state index < -0.39 is 0 Å². The first-order valence-corrected chi connectivity index (χ1v) is 11.0. The topological polar surface area (TPSA) is 48.5 Å². The van der Waals surface area contributed by atoms with Gasteiger partial charge in [0, 0.05) is 23.0 Å². The van der Waals surface area contributed by atoms with Crippen LogP contribution in [-0.2, 0) is 0 Å². The molecule has 3 aromatic carbocycles. The lowest BCUT2D eigenvalue weighted by Crippen LogP contribution is -1.98. The molecule has 0 amide bonds. The molecule has 0 unspecified atom stereocenters. The van der Waals surface area contributed by atoms with Gasteiger partial charge in [-0.15, -0.1) is 0 Å². The number of benzene rings is 3. The van der Waals surface area contributed by atoms with Crippen molar-refractivity contribution in [2.45, 2.75) is 6.92 Å². The van der Waals surface area contributed by atoms with Crippen molar-refractivity contribution in [1.29, 1.82) is 0 Å². The van der Waals surface area contributed by atoms with E-state index in [1.807, 2.05) is 30.5 Å². The van der Waals surface area contributed by atoms with Gasteiger partial charge in [0.15, 0.2) is 11.3 Å². The first-order chi connectivity index (χ1) is 16.3. The van der Waals surface area contributed by atoms with Gasteiger partial charge in [0.05, 0.1) is 11.0 Å². The lowest BCUT2D eigenvalue weighted by atomic mass is 10.2. The van der Waals surface area contributed by atoms with Crippen LogP contribution >= 0.6 is 0 Å². The number of aryl methyl sites for hydroxylation is 1. The monoisotopic (exact) mass is 425 g/mol. The molecule has 5 heteroatoms. The molecule has 0 aliphatic rings. The second-order valence-electron chi connectivity index (χ2n) is 8.30. The average molecular weight is 425 g/mol. The Bertz CT molecular complexity index is 1830. The Hall–Kier alpha value is -4.51. The Labute approximate surface area is 189 Å². The molecule has 7 aromatic rings. The summed E-state index contributed by atoms with van der Waals surface area (Å²) in [4.78, 5) is 15.1. The van der Waals surface area contributed by atoms with Crippen LogP contribution in [0.25, 0.3) is 55.6 Å². The molecule has 0 fully saturated rings. The van der Waals surface area contributed by atoms with E-state index in [0.717, 1.165) is 55.6 Å². The minimum Gasteiger partial charge on any atom is -0.293 e. The summed E-state index contributed by atoms with van der Waals surface area (Å²) in [5, 5.41) is 1.08. The molecule has 4 heterocycles. The zero-order valence-corrected chi connectivity index (χ0v) is 18.0. The van der Waals surface area contributed by atoms with Gasteiger partial charge < -0.3 is 0 Å². The zero-order chi connectivity index (χ0) is 21.9. The number of rotatable bonds is 2. The van der Waals surface area contributed by atoms with E-state index in [0.29, 0.717) is 0 Å². The van der Waals surface area contributed by atoms with Crippen LogP contribution in [0.2, 0.25) is 0 Å². The number of aromatic nitrogens is 5. The van der Waals surface area contributed by atoms with Crippen LogP contribution < -0.4 is 0 Å². The van der Waals surface area contributed by atoms with E-state index in [4.69, 9.17) is 15.0 Å². The average Bonchev–Trinajstić information content (AvgIpc) is 3.35. The molecule has 0 atom stereocenters. The lowest BCUT2D eigenvalue weighted by molar-refractivity contribution is 1.12. The van der Waals surface area contributed by atoms with Crippen LogP contribution in [0.1, 0.15) is 5.56 Å². The molecule has 5 nitrogen and oxygen atoms in total. The number of pyridine rings is 1. The number of fused-ring (bicyclic) bond motifs is 6. The van der Waals surface area contributed by atoms with Gasteiger partial charge in [0.1, 0.15) is 16.6 Å². The first kappa shape index (κ1) is 18.1. The van der Waals surface area contributed by atoms with Crippen LogP contribution in [0.5, 0.6) is 0 Å². The minimum absolute atomic E-state index is 0.805. The molecule has 0 aliphatic heterocycles. The van der Waals surface area contributed by atoms with Crippen LogP contribution in [0.15, 0.2) is 97.2 Å². The van der Waals surface area contributed by atoms with Gasteiger partial charge in [0.25, 0.3) is 0 Å². The third-order valence-electron chi connectivity index (χ3n) is 6.21. The van der Waals surface area contributed by atoms with E-state index in [2.05, 4.69) is 82.8 Å². The summed E-state index contributed by atoms with van der Waals surface area (Å²) in [6.45, 7) is 2.10. The molecular weight excluding hydrogens is 406 g/mol. The van der Waals surface area contributed by atoms with Gasteiger partial charge in [-0.05, 0) is 55.0 Å². The van der Waals surface area contributed by atoms with Gasteiger partial charge in [0.2, 0.25) is 0 Å². The SMILES string of the molecule is Cc1cccc(-n2c3cccnc3c3nc4c(nc32)c2ccccc2n4-c2ccccc2)c1. The normalized spacial score (nSPS) is 11.8. The first-order valence-electron chi connectivity index (χ1n) is 11.0. The van der Waals surface area contributed by atoms with Crippen LogP contribution in [0, 0.1) is 6.92 Å². The maximum atomic E-state index is 5.23. The van der Waals surface area contributed by atoms with Gasteiger partial charge >= 0.3 is 0 Å². The van der Waals surface area contributed by atoms with Crippen molar-refractivity contribution < 1.29 is 0 Å². The summed E-state index contributed by atoms with van der Waals surface area (Å²) in [6, 6.07) is 31.2. The van der Waals surface area contributed by atoms with Gasteiger partial charge in [-0.2, -0.15) is 0 Å². The second-order valence-corrected chi connectivity index (χ2v) is 8.30. The predicted octanol–water partition coefficient (Wildman–Crippen LogP) is 6.37. The largest absolute Gasteiger partial charge is 0.293 e. The Morgan fingerprint density at radius 1 is 0.576 bits per heavy atom. The van der Waals surface area contributed by atoms with E-state index in [1.165, 1.54) is 5.56 Å². The summed E-state index contributed by atoms with van der Waals surface area (Å²) in [5.41, 5.74) is 9.61. The summed E-state index contributed by atoms with van der Waals surface area (Å²) in [5.74, 6) is 0. The summed E-state index contributed by atoms with van der Waals surface area (Å²) in [7, 11) is 0. The minimum atomic E-state index is 0.805. The fourth-order valence-corrected chi connectivity index (χ4v) is 4.79. The van der Waals surface area contributed by atoms with E-state index in [1.54, 1.807) is 0 Å². The van der Waals surface area contributed by atoms with Gasteiger partial charge in [-0.1, -0.05) is 48.5 Å². The Morgan fingerprint density at radius 3 is 2.15 bits per heavy atom. The number of para-hydroxylation sites is 2. The standard InChI is InChI=1S/C28H19N5/c1-18-9-7-12-20(17-18)33-23-15-8-16-29-25(23)26-28(33)30-24-21-13-5-6-14-22(21)32(27(24)31-26)19-10-3-2-4-11-19/h2-17H,1H3. The Kier molecular flexibility index (Phi) is 3.70. The van der Waals surface area contributed by atoms with Crippen molar-refractivity contribution in [3.63, 3.8) is 0 Å². The van der Waals surface area contributed by atoms with E-state index in [9.17, 15) is 0 Å². The lowest BCUT2D eigenvalue weighted by Gasteiger charge is -2.08. The highest BCUT2D eigenvalue weighted by Crippen LogP contribution is 2.34. The van der Waals surface area contributed by atoms with Gasteiger partial charge in [-0.25, -0.2) is 9.97 Å². The molecule has 0 spiro atoms. The number of nitrogens with zero attached hydrogens (tertiary/aromatic N) is 5. The Morgan fingerprint density at radius 2 is 1.27 bits per heavy atom. The molecule has 7 rings (SSSR count). The van der Waals surface area contributed by atoms with Crippen molar-refractivity contribution in [1.82, 2.24) is 24.1 Å². The molecule has 0 aliphatic carbocycles. The van der Waals surface area contributed by atoms with Crippen molar-refractivity contribution in [2.75, 3.05) is 0 Å². The highest BCUT2D eigenvalue weighted by Gasteiger charge is 2.21. The van der Waals surface area contributed by atoms with Crippen LogP contribution in [-0.4, -0.2) is 24.1 Å². The molecule has 0 bridgehead atoms. The molecular formula is C28H19N5. The molecule has 156 valence electrons. The molecule has 0 saturated carbocycles. The fourth-order valence-electron chi connectivity index (χ4n) is 4.79. The molecule has 33 heavy (non-hydrogen) atoms. The smallest absolute Gasteiger partial charge is 0.166 e. The van der Waals surface area contributed by atoms with Crippen LogP contribution in [0.4, 0.5) is 0 Å². The predicted molar refractivity (Wildman–Crippen MR) is 133 cm³/mol. The molecule has 0 N–H and O–H groups in total. The van der Waals surface area contributed by atoms with E-state index >= 15 is 0 Å². The quantitative estimate of drug-likeness (QED) is 0.323. The maximum Gasteiger partial charge on any atom is 0.166 e. The Balaban J connectivity index is 1.69. The molecule has 0 saturated heterocycles. The fraction of sp³-hybridized carbons (Fsp3) is 0.0357. The van der Waals surface area contributed by atoms with E-state index in [-0.39, 0.29) is 0 Å². The van der Waals surface area contributed by atoms with Crippen molar-refractivity contribution in [3.05, 3.63) is 103 Å². The number of hydrogen-bond acceptors (Lipinski definition) is 3. The highest BCUT2D eigenvalue weighted by atomic mass is 15.1. The second kappa shape index (κ2) is 6.74. The van der Waals surface area contributed by atoms with Crippen molar-refractivity contribution in [3.8, 4) is 11.4 Å². The maximum absolute atomic E-state index is 5.23. The molecule has 0 radical (unpaired) electrons. The molecule has 4 aromatic heterocycles. The summed E-state index contributed by atoms with van der Waals surface area (Å²) in [6.07, 6.45) is 1.82. The zero-order valence-electron chi connectivity index (χ0n) is 18.0. The summed E-state index contributed by atoms with van der Waals surface area (Å²) >= 11 is 0.